The molecule has 1 aliphatic rings. The van der Waals surface area contributed by atoms with Gasteiger partial charge in [0.05, 0.1) is 12.1 Å². The second kappa shape index (κ2) is 9.25. The Hall–Kier alpha value is -2.99. The fourth-order valence-corrected chi connectivity index (χ4v) is 3.86. The summed E-state index contributed by atoms with van der Waals surface area (Å²) in [6.45, 7) is 0.114. The summed E-state index contributed by atoms with van der Waals surface area (Å²) in [5.74, 6) is 1.49. The largest absolute Gasteiger partial charge is 0.497 e. The number of rotatable bonds is 8. The first-order valence-electron chi connectivity index (χ1n) is 9.02. The number of ether oxygens (including phenoxy) is 4. The molecule has 0 saturated carbocycles. The van der Waals surface area contributed by atoms with Crippen LogP contribution in [0, 0.1) is 0 Å². The SMILES string of the molecule is COc1ccc(Cl)c(Oc2c(Cl)ncnc2NS(=O)(=O)NCc2ccc3c(c2)OCO3)c1. The molecule has 0 unspecified atom stereocenters. The molecule has 4 rings (SSSR count). The van der Waals surface area contributed by atoms with Crippen LogP contribution < -0.4 is 28.4 Å². The molecule has 0 saturated heterocycles. The molecule has 1 aliphatic heterocycles. The topological polar surface area (TPSA) is 121 Å². The molecule has 0 aliphatic carbocycles. The van der Waals surface area contributed by atoms with Crippen LogP contribution in [0.25, 0.3) is 0 Å². The molecule has 13 heteroatoms. The van der Waals surface area contributed by atoms with Crippen LogP contribution in [0.4, 0.5) is 5.82 Å². The Morgan fingerprint density at radius 3 is 2.72 bits per heavy atom. The van der Waals surface area contributed by atoms with Gasteiger partial charge in [0.2, 0.25) is 12.5 Å². The van der Waals surface area contributed by atoms with Gasteiger partial charge in [-0.25, -0.2) is 9.97 Å². The van der Waals surface area contributed by atoms with Gasteiger partial charge in [-0.15, -0.1) is 0 Å². The highest BCUT2D eigenvalue weighted by Crippen LogP contribution is 2.38. The predicted molar refractivity (Wildman–Crippen MR) is 117 cm³/mol. The summed E-state index contributed by atoms with van der Waals surface area (Å²) < 4.78 is 51.3. The molecule has 0 spiro atoms. The zero-order valence-corrected chi connectivity index (χ0v) is 18.8. The Morgan fingerprint density at radius 1 is 1.09 bits per heavy atom. The van der Waals surface area contributed by atoms with E-state index < -0.39 is 10.2 Å². The van der Waals surface area contributed by atoms with Crippen LogP contribution in [-0.4, -0.2) is 32.3 Å². The molecule has 0 bridgehead atoms. The second-order valence-electron chi connectivity index (χ2n) is 6.35. The second-order valence-corrected chi connectivity index (χ2v) is 8.62. The minimum Gasteiger partial charge on any atom is -0.497 e. The van der Waals surface area contributed by atoms with Crippen molar-refractivity contribution in [2.45, 2.75) is 6.54 Å². The molecule has 0 fully saturated rings. The van der Waals surface area contributed by atoms with Crippen molar-refractivity contribution < 1.29 is 27.4 Å². The van der Waals surface area contributed by atoms with Gasteiger partial charge in [0.15, 0.2) is 22.5 Å². The van der Waals surface area contributed by atoms with Crippen molar-refractivity contribution in [2.24, 2.45) is 0 Å². The van der Waals surface area contributed by atoms with Crippen molar-refractivity contribution in [3.63, 3.8) is 0 Å². The van der Waals surface area contributed by atoms with Crippen LogP contribution in [0.1, 0.15) is 5.56 Å². The summed E-state index contributed by atoms with van der Waals surface area (Å²) in [6.07, 6.45) is 1.10. The average Bonchev–Trinajstić information content (AvgIpc) is 3.24. The van der Waals surface area contributed by atoms with E-state index in [0.717, 1.165) is 6.33 Å². The number of aromatic nitrogens is 2. The molecule has 0 radical (unpaired) electrons. The summed E-state index contributed by atoms with van der Waals surface area (Å²) in [5.41, 5.74) is 0.667. The van der Waals surface area contributed by atoms with Crippen LogP contribution in [-0.2, 0) is 16.8 Å². The molecule has 2 aromatic carbocycles. The summed E-state index contributed by atoms with van der Waals surface area (Å²) in [7, 11) is -2.58. The summed E-state index contributed by atoms with van der Waals surface area (Å²) >= 11 is 12.3. The lowest BCUT2D eigenvalue weighted by Gasteiger charge is -2.15. The van der Waals surface area contributed by atoms with E-state index in [9.17, 15) is 8.42 Å². The molecule has 3 aromatic rings. The van der Waals surface area contributed by atoms with Gasteiger partial charge >= 0.3 is 10.2 Å². The summed E-state index contributed by atoms with van der Waals surface area (Å²) in [4.78, 5) is 7.77. The standard InChI is InChI=1S/C19H16Cl2N4O6S/c1-28-12-3-4-13(20)15(7-12)31-17-18(21)22-9-23-19(17)25-32(26,27)24-8-11-2-5-14-16(6-11)30-10-29-14/h2-7,9,24H,8,10H2,1H3,(H,22,23,25). The maximum Gasteiger partial charge on any atom is 0.300 e. The number of halogens is 2. The van der Waals surface area contributed by atoms with E-state index in [2.05, 4.69) is 19.4 Å². The van der Waals surface area contributed by atoms with Gasteiger partial charge in [-0.2, -0.15) is 13.1 Å². The lowest BCUT2D eigenvalue weighted by molar-refractivity contribution is 0.174. The molecule has 1 aromatic heterocycles. The third kappa shape index (κ3) is 5.07. The highest BCUT2D eigenvalue weighted by atomic mass is 35.5. The van der Waals surface area contributed by atoms with E-state index in [1.54, 1.807) is 30.3 Å². The molecular weight excluding hydrogens is 483 g/mol. The Bertz CT molecular complexity index is 1260. The first-order chi connectivity index (χ1) is 15.3. The van der Waals surface area contributed by atoms with E-state index in [0.29, 0.717) is 22.8 Å². The molecule has 0 amide bonds. The smallest absolute Gasteiger partial charge is 0.300 e. The molecule has 2 N–H and O–H groups in total. The van der Waals surface area contributed by atoms with Crippen molar-refractivity contribution in [3.8, 4) is 28.7 Å². The number of benzene rings is 2. The van der Waals surface area contributed by atoms with Gasteiger partial charge in [0.1, 0.15) is 17.8 Å². The zero-order valence-electron chi connectivity index (χ0n) is 16.5. The number of anilines is 1. The third-order valence-electron chi connectivity index (χ3n) is 4.25. The molecule has 168 valence electrons. The minimum absolute atomic E-state index is 0.0112. The maximum atomic E-state index is 12.6. The minimum atomic E-state index is -4.06. The van der Waals surface area contributed by atoms with Gasteiger partial charge in [-0.05, 0) is 29.8 Å². The van der Waals surface area contributed by atoms with E-state index in [4.69, 9.17) is 42.1 Å². The van der Waals surface area contributed by atoms with Crippen LogP contribution in [0.5, 0.6) is 28.7 Å². The Kier molecular flexibility index (Phi) is 6.42. The van der Waals surface area contributed by atoms with Gasteiger partial charge < -0.3 is 18.9 Å². The fourth-order valence-electron chi connectivity index (χ4n) is 2.71. The Labute approximate surface area is 193 Å². The third-order valence-corrected chi connectivity index (χ3v) is 5.81. The van der Waals surface area contributed by atoms with E-state index in [1.807, 2.05) is 0 Å². The highest BCUT2D eigenvalue weighted by Gasteiger charge is 2.20. The lowest BCUT2D eigenvalue weighted by atomic mass is 10.2. The number of methoxy groups -OCH3 is 1. The molecule has 32 heavy (non-hydrogen) atoms. The van der Waals surface area contributed by atoms with Crippen molar-refractivity contribution in [1.82, 2.24) is 14.7 Å². The monoisotopic (exact) mass is 498 g/mol. The quantitative estimate of drug-likeness (QED) is 0.450. The van der Waals surface area contributed by atoms with Crippen molar-refractivity contribution >= 4 is 39.2 Å². The van der Waals surface area contributed by atoms with Gasteiger partial charge in [0, 0.05) is 12.6 Å². The number of nitrogens with zero attached hydrogens (tertiary/aromatic N) is 2. The van der Waals surface area contributed by atoms with Crippen LogP contribution >= 0.6 is 23.2 Å². The first kappa shape index (κ1) is 22.2. The molecule has 10 nitrogen and oxygen atoms in total. The summed E-state index contributed by atoms with van der Waals surface area (Å²) in [6, 6.07) is 9.82. The average molecular weight is 499 g/mol. The van der Waals surface area contributed by atoms with Crippen LogP contribution in [0.15, 0.2) is 42.7 Å². The molecule has 2 heterocycles. The lowest BCUT2D eigenvalue weighted by Crippen LogP contribution is -2.30. The number of fused-ring (bicyclic) bond motifs is 1. The normalized spacial score (nSPS) is 12.5. The van der Waals surface area contributed by atoms with E-state index in [1.165, 1.54) is 13.2 Å². The van der Waals surface area contributed by atoms with Crippen molar-refractivity contribution in [2.75, 3.05) is 18.6 Å². The van der Waals surface area contributed by atoms with E-state index in [-0.39, 0.29) is 40.8 Å². The highest BCUT2D eigenvalue weighted by molar-refractivity contribution is 7.90. The zero-order chi connectivity index (χ0) is 22.7. The first-order valence-corrected chi connectivity index (χ1v) is 11.3. The van der Waals surface area contributed by atoms with Gasteiger partial charge in [-0.1, -0.05) is 29.3 Å². The molecule has 0 atom stereocenters. The Morgan fingerprint density at radius 2 is 1.91 bits per heavy atom. The van der Waals surface area contributed by atoms with Crippen molar-refractivity contribution in [3.05, 3.63) is 58.5 Å². The van der Waals surface area contributed by atoms with Crippen LogP contribution in [0.2, 0.25) is 10.2 Å². The fraction of sp³-hybridized carbons (Fsp3) is 0.158. The van der Waals surface area contributed by atoms with Gasteiger partial charge in [-0.3, -0.25) is 4.72 Å². The number of nitrogens with one attached hydrogen (secondary N) is 2. The van der Waals surface area contributed by atoms with Crippen LogP contribution in [0.3, 0.4) is 0 Å². The maximum absolute atomic E-state index is 12.6. The van der Waals surface area contributed by atoms with E-state index >= 15 is 0 Å². The molecular formula is C19H16Cl2N4O6S. The van der Waals surface area contributed by atoms with Gasteiger partial charge in [0.25, 0.3) is 0 Å². The Balaban J connectivity index is 1.52. The number of hydrogen-bond donors (Lipinski definition) is 2. The number of hydrogen-bond acceptors (Lipinski definition) is 8. The summed E-state index contributed by atoms with van der Waals surface area (Å²) in [5, 5.41) is 0.132. The van der Waals surface area contributed by atoms with Crippen molar-refractivity contribution in [1.29, 1.82) is 0 Å². The predicted octanol–water partition coefficient (Wildman–Crippen LogP) is 3.76.